The van der Waals surface area contributed by atoms with Gasteiger partial charge in [0.1, 0.15) is 0 Å². The van der Waals surface area contributed by atoms with Gasteiger partial charge in [-0.15, -0.1) is 0 Å². The Balaban J connectivity index is 1.93. The second-order valence-electron chi connectivity index (χ2n) is 4.00. The molecule has 1 aliphatic heterocycles. The molecule has 0 aliphatic carbocycles. The highest BCUT2D eigenvalue weighted by Gasteiger charge is 2.12. The fraction of sp³-hybridized carbons (Fsp3) is 0.455. The predicted octanol–water partition coefficient (Wildman–Crippen LogP) is -0.0848. The lowest BCUT2D eigenvalue weighted by molar-refractivity contribution is 0.294. The van der Waals surface area contributed by atoms with Gasteiger partial charge in [0.2, 0.25) is 0 Å². The van der Waals surface area contributed by atoms with Crippen molar-refractivity contribution in [3.8, 4) is 0 Å². The lowest BCUT2D eigenvalue weighted by Crippen LogP contribution is -2.32. The summed E-state index contributed by atoms with van der Waals surface area (Å²) in [5.41, 5.74) is 1.79. The monoisotopic (exact) mass is 237 g/mol. The largest absolute Gasteiger partial charge is 0.488 e. The third kappa shape index (κ3) is 3.25. The van der Waals surface area contributed by atoms with Crippen LogP contribution in [0.25, 0.3) is 0 Å². The molecule has 0 bridgehead atoms. The molecule has 1 aromatic rings. The third-order valence-electron chi connectivity index (χ3n) is 2.79. The van der Waals surface area contributed by atoms with E-state index in [2.05, 4.69) is 4.90 Å². The minimum absolute atomic E-state index is 0.554. The molecule has 86 valence electrons. The molecule has 1 fully saturated rings. The fourth-order valence-corrected chi connectivity index (χ4v) is 2.79. The van der Waals surface area contributed by atoms with E-state index in [0.717, 1.165) is 19.6 Å². The van der Waals surface area contributed by atoms with Crippen molar-refractivity contribution in [2.75, 3.05) is 24.6 Å². The topological polar surface area (TPSA) is 43.7 Å². The lowest BCUT2D eigenvalue weighted by atomic mass is 9.80. The second-order valence-corrected chi connectivity index (χ2v) is 5.23. The van der Waals surface area contributed by atoms with Crippen molar-refractivity contribution in [2.45, 2.75) is 6.54 Å². The maximum atomic E-state index is 8.98. The molecule has 16 heavy (non-hydrogen) atoms. The first-order valence-corrected chi connectivity index (χ1v) is 6.66. The van der Waals surface area contributed by atoms with Gasteiger partial charge in [-0.2, -0.15) is 11.8 Å². The van der Waals surface area contributed by atoms with Crippen molar-refractivity contribution >= 4 is 24.3 Å². The molecule has 2 rings (SSSR count). The summed E-state index contributed by atoms with van der Waals surface area (Å²) in [5.74, 6) is 2.43. The number of hydrogen-bond acceptors (Lipinski definition) is 4. The quantitative estimate of drug-likeness (QED) is 0.721. The Labute approximate surface area is 101 Å². The van der Waals surface area contributed by atoms with Gasteiger partial charge >= 0.3 is 7.12 Å². The van der Waals surface area contributed by atoms with Gasteiger partial charge in [-0.1, -0.05) is 24.3 Å². The molecule has 0 radical (unpaired) electrons. The van der Waals surface area contributed by atoms with Crippen LogP contribution < -0.4 is 5.46 Å². The van der Waals surface area contributed by atoms with E-state index in [1.165, 1.54) is 17.1 Å². The first-order valence-electron chi connectivity index (χ1n) is 5.51. The summed E-state index contributed by atoms with van der Waals surface area (Å²) in [6.07, 6.45) is 0. The van der Waals surface area contributed by atoms with Crippen LogP contribution in [0.2, 0.25) is 0 Å². The molecule has 0 atom stereocenters. The van der Waals surface area contributed by atoms with E-state index in [4.69, 9.17) is 10.0 Å². The van der Waals surface area contributed by atoms with Gasteiger partial charge in [-0.05, 0) is 11.0 Å². The van der Waals surface area contributed by atoms with Crippen LogP contribution in [0.15, 0.2) is 24.3 Å². The van der Waals surface area contributed by atoms with Gasteiger partial charge in [-0.3, -0.25) is 4.90 Å². The zero-order chi connectivity index (χ0) is 11.4. The van der Waals surface area contributed by atoms with E-state index in [1.54, 1.807) is 12.1 Å². The highest BCUT2D eigenvalue weighted by Crippen LogP contribution is 2.12. The van der Waals surface area contributed by atoms with E-state index < -0.39 is 7.12 Å². The summed E-state index contributed by atoms with van der Waals surface area (Å²) in [5, 5.41) is 18.0. The Morgan fingerprint density at radius 2 is 1.75 bits per heavy atom. The first kappa shape index (κ1) is 12.0. The van der Waals surface area contributed by atoms with Crippen LogP contribution in [0, 0.1) is 0 Å². The van der Waals surface area contributed by atoms with Gasteiger partial charge in [0, 0.05) is 31.1 Å². The zero-order valence-electron chi connectivity index (χ0n) is 9.17. The molecule has 1 aromatic carbocycles. The van der Waals surface area contributed by atoms with Crippen molar-refractivity contribution in [3.63, 3.8) is 0 Å². The van der Waals surface area contributed by atoms with E-state index >= 15 is 0 Å². The average Bonchev–Trinajstić information content (AvgIpc) is 2.31. The Hall–Kier alpha value is -0.485. The van der Waals surface area contributed by atoms with Crippen molar-refractivity contribution < 1.29 is 10.0 Å². The normalized spacial score (nSPS) is 17.4. The lowest BCUT2D eigenvalue weighted by Gasteiger charge is -2.26. The molecule has 5 heteroatoms. The van der Waals surface area contributed by atoms with Crippen LogP contribution in [0.4, 0.5) is 0 Å². The second kappa shape index (κ2) is 5.73. The minimum atomic E-state index is -1.36. The summed E-state index contributed by atoms with van der Waals surface area (Å²) in [4.78, 5) is 2.43. The molecule has 1 aliphatic rings. The maximum absolute atomic E-state index is 8.98. The van der Waals surface area contributed by atoms with Gasteiger partial charge in [0.25, 0.3) is 0 Å². The molecule has 0 aromatic heterocycles. The number of nitrogens with zero attached hydrogens (tertiary/aromatic N) is 1. The molecule has 0 spiro atoms. The number of rotatable bonds is 3. The van der Waals surface area contributed by atoms with Crippen LogP contribution in [0.1, 0.15) is 5.56 Å². The van der Waals surface area contributed by atoms with Crippen molar-refractivity contribution in [2.24, 2.45) is 0 Å². The smallest absolute Gasteiger partial charge is 0.423 e. The fourth-order valence-electron chi connectivity index (χ4n) is 1.81. The molecule has 3 nitrogen and oxygen atoms in total. The van der Waals surface area contributed by atoms with Gasteiger partial charge in [0.15, 0.2) is 0 Å². The van der Waals surface area contributed by atoms with E-state index in [0.29, 0.717) is 5.46 Å². The summed E-state index contributed by atoms with van der Waals surface area (Å²) in [6.45, 7) is 3.26. The highest BCUT2D eigenvalue weighted by atomic mass is 32.2. The van der Waals surface area contributed by atoms with Crippen molar-refractivity contribution in [1.82, 2.24) is 4.90 Å². The predicted molar refractivity (Wildman–Crippen MR) is 68.9 cm³/mol. The summed E-state index contributed by atoms with van der Waals surface area (Å²) < 4.78 is 0. The minimum Gasteiger partial charge on any atom is -0.423 e. The molecular weight excluding hydrogens is 221 g/mol. The molecule has 1 saturated heterocycles. The van der Waals surface area contributed by atoms with Crippen molar-refractivity contribution in [3.05, 3.63) is 29.8 Å². The SMILES string of the molecule is OB(O)c1ccc(CN2CCSCC2)cc1. The Morgan fingerprint density at radius 1 is 1.12 bits per heavy atom. The Kier molecular flexibility index (Phi) is 4.29. The maximum Gasteiger partial charge on any atom is 0.488 e. The van der Waals surface area contributed by atoms with Crippen LogP contribution in [0.5, 0.6) is 0 Å². The summed E-state index contributed by atoms with van der Waals surface area (Å²) in [6, 6.07) is 7.49. The molecule has 2 N–H and O–H groups in total. The Morgan fingerprint density at radius 3 is 2.31 bits per heavy atom. The third-order valence-corrected chi connectivity index (χ3v) is 3.73. The highest BCUT2D eigenvalue weighted by molar-refractivity contribution is 7.99. The van der Waals surface area contributed by atoms with E-state index in [1.807, 2.05) is 23.9 Å². The number of thioether (sulfide) groups is 1. The standard InChI is InChI=1S/C11H16BNO2S/c14-12(15)11-3-1-10(2-4-11)9-13-5-7-16-8-6-13/h1-4,14-15H,5-9H2. The molecular formula is C11H16BNO2S. The van der Waals surface area contributed by atoms with E-state index in [-0.39, 0.29) is 0 Å². The summed E-state index contributed by atoms with van der Waals surface area (Å²) >= 11 is 2.01. The van der Waals surface area contributed by atoms with Crippen LogP contribution in [-0.4, -0.2) is 46.7 Å². The molecule has 0 amide bonds. The van der Waals surface area contributed by atoms with Crippen LogP contribution >= 0.6 is 11.8 Å². The van der Waals surface area contributed by atoms with Crippen LogP contribution in [0.3, 0.4) is 0 Å². The Bertz CT molecular complexity index is 325. The molecule has 0 unspecified atom stereocenters. The van der Waals surface area contributed by atoms with Crippen LogP contribution in [-0.2, 0) is 6.54 Å². The average molecular weight is 237 g/mol. The zero-order valence-corrected chi connectivity index (χ0v) is 9.99. The van der Waals surface area contributed by atoms with E-state index in [9.17, 15) is 0 Å². The first-order chi connectivity index (χ1) is 7.75. The molecule has 0 saturated carbocycles. The number of benzene rings is 1. The van der Waals surface area contributed by atoms with Gasteiger partial charge in [-0.25, -0.2) is 0 Å². The van der Waals surface area contributed by atoms with Crippen molar-refractivity contribution in [1.29, 1.82) is 0 Å². The number of hydrogen-bond donors (Lipinski definition) is 2. The molecule has 1 heterocycles. The van der Waals surface area contributed by atoms with Gasteiger partial charge in [0.05, 0.1) is 0 Å². The summed E-state index contributed by atoms with van der Waals surface area (Å²) in [7, 11) is -1.36. The van der Waals surface area contributed by atoms with Gasteiger partial charge < -0.3 is 10.0 Å².